The minimum Gasteiger partial charge on any atom is -0.345 e. The first-order valence-electron chi connectivity index (χ1n) is 5.31. The van der Waals surface area contributed by atoms with E-state index in [0.29, 0.717) is 0 Å². The lowest BCUT2D eigenvalue weighted by molar-refractivity contribution is 1.20. The van der Waals surface area contributed by atoms with E-state index >= 15 is 0 Å². The summed E-state index contributed by atoms with van der Waals surface area (Å²) in [7, 11) is 0. The smallest absolute Gasteiger partial charge is 0.142 e. The van der Waals surface area contributed by atoms with Crippen LogP contribution in [0.4, 0.5) is 0 Å². The van der Waals surface area contributed by atoms with Gasteiger partial charge in [0.2, 0.25) is 0 Å². The first kappa shape index (κ1) is 10.4. The SMILES string of the molecule is CSc1c[nH]c2ncnc(-c3ccccc3)c12. The summed E-state index contributed by atoms with van der Waals surface area (Å²) in [6.07, 6.45) is 5.64. The van der Waals surface area contributed by atoms with Crippen LogP contribution in [0.1, 0.15) is 0 Å². The molecule has 0 atom stereocenters. The van der Waals surface area contributed by atoms with Crippen molar-refractivity contribution in [2.75, 3.05) is 6.26 Å². The number of thioether (sulfide) groups is 1. The van der Waals surface area contributed by atoms with Gasteiger partial charge < -0.3 is 4.98 Å². The van der Waals surface area contributed by atoms with Crippen molar-refractivity contribution in [3.05, 3.63) is 42.9 Å². The van der Waals surface area contributed by atoms with Gasteiger partial charge in [0, 0.05) is 16.7 Å². The summed E-state index contributed by atoms with van der Waals surface area (Å²) in [5.74, 6) is 0. The maximum absolute atomic E-state index is 4.41. The van der Waals surface area contributed by atoms with Crippen LogP contribution in [-0.4, -0.2) is 21.2 Å². The zero-order chi connectivity index (χ0) is 11.7. The normalized spacial score (nSPS) is 10.9. The molecule has 3 nitrogen and oxygen atoms in total. The first-order valence-corrected chi connectivity index (χ1v) is 6.54. The van der Waals surface area contributed by atoms with Crippen LogP contribution in [0, 0.1) is 0 Å². The van der Waals surface area contributed by atoms with Crippen LogP contribution in [0.25, 0.3) is 22.3 Å². The van der Waals surface area contributed by atoms with Gasteiger partial charge in [0.1, 0.15) is 12.0 Å². The quantitative estimate of drug-likeness (QED) is 0.699. The first-order chi connectivity index (χ1) is 8.40. The molecule has 0 saturated carbocycles. The molecule has 0 radical (unpaired) electrons. The number of hydrogen-bond acceptors (Lipinski definition) is 3. The van der Waals surface area contributed by atoms with Crippen molar-refractivity contribution in [2.24, 2.45) is 0 Å². The van der Waals surface area contributed by atoms with Gasteiger partial charge in [-0.15, -0.1) is 11.8 Å². The Morgan fingerprint density at radius 1 is 1.12 bits per heavy atom. The number of aromatic nitrogens is 3. The Morgan fingerprint density at radius 3 is 2.71 bits per heavy atom. The van der Waals surface area contributed by atoms with Gasteiger partial charge >= 0.3 is 0 Å². The van der Waals surface area contributed by atoms with Crippen LogP contribution in [0.5, 0.6) is 0 Å². The molecule has 2 aromatic heterocycles. The highest BCUT2D eigenvalue weighted by molar-refractivity contribution is 7.98. The van der Waals surface area contributed by atoms with Crippen molar-refractivity contribution in [2.45, 2.75) is 4.90 Å². The van der Waals surface area contributed by atoms with Crippen molar-refractivity contribution < 1.29 is 0 Å². The molecule has 0 aliphatic heterocycles. The lowest BCUT2D eigenvalue weighted by atomic mass is 10.1. The molecule has 0 saturated heterocycles. The maximum atomic E-state index is 4.41. The predicted octanol–water partition coefficient (Wildman–Crippen LogP) is 3.35. The van der Waals surface area contributed by atoms with Crippen molar-refractivity contribution >= 4 is 22.8 Å². The van der Waals surface area contributed by atoms with Crippen LogP contribution in [0.2, 0.25) is 0 Å². The maximum Gasteiger partial charge on any atom is 0.142 e. The van der Waals surface area contributed by atoms with E-state index in [9.17, 15) is 0 Å². The molecule has 1 N–H and O–H groups in total. The van der Waals surface area contributed by atoms with Crippen LogP contribution in [-0.2, 0) is 0 Å². The fraction of sp³-hybridized carbons (Fsp3) is 0.0769. The Kier molecular flexibility index (Phi) is 2.57. The van der Waals surface area contributed by atoms with E-state index in [0.717, 1.165) is 22.3 Å². The Morgan fingerprint density at radius 2 is 1.94 bits per heavy atom. The van der Waals surface area contributed by atoms with E-state index in [1.54, 1.807) is 18.1 Å². The van der Waals surface area contributed by atoms with E-state index in [2.05, 4.69) is 33.3 Å². The average molecular weight is 241 g/mol. The van der Waals surface area contributed by atoms with E-state index in [-0.39, 0.29) is 0 Å². The topological polar surface area (TPSA) is 41.6 Å². The van der Waals surface area contributed by atoms with Gasteiger partial charge in [-0.3, -0.25) is 0 Å². The Labute approximate surface area is 103 Å². The zero-order valence-corrected chi connectivity index (χ0v) is 10.2. The fourth-order valence-corrected chi connectivity index (χ4v) is 2.48. The highest BCUT2D eigenvalue weighted by Crippen LogP contribution is 2.32. The van der Waals surface area contributed by atoms with Gasteiger partial charge in [-0.2, -0.15) is 0 Å². The second-order valence-electron chi connectivity index (χ2n) is 3.67. The van der Waals surface area contributed by atoms with E-state index in [4.69, 9.17) is 0 Å². The molecule has 3 rings (SSSR count). The Bertz CT molecular complexity index is 646. The summed E-state index contributed by atoms with van der Waals surface area (Å²) in [6, 6.07) is 10.2. The van der Waals surface area contributed by atoms with Gasteiger partial charge in [0.05, 0.1) is 11.1 Å². The van der Waals surface area contributed by atoms with Gasteiger partial charge in [-0.25, -0.2) is 9.97 Å². The molecule has 4 heteroatoms. The molecule has 0 unspecified atom stereocenters. The van der Waals surface area contributed by atoms with Crippen molar-refractivity contribution in [1.82, 2.24) is 15.0 Å². The summed E-state index contributed by atoms with van der Waals surface area (Å²) in [5, 5.41) is 1.10. The molecule has 0 amide bonds. The molecule has 1 aromatic carbocycles. The third-order valence-electron chi connectivity index (χ3n) is 2.70. The Hall–Kier alpha value is -1.81. The molecule has 17 heavy (non-hydrogen) atoms. The summed E-state index contributed by atoms with van der Waals surface area (Å²) in [6.45, 7) is 0. The summed E-state index contributed by atoms with van der Waals surface area (Å²) < 4.78 is 0. The van der Waals surface area contributed by atoms with Gasteiger partial charge in [-0.1, -0.05) is 30.3 Å². The average Bonchev–Trinajstić information content (AvgIpc) is 2.82. The summed E-state index contributed by atoms with van der Waals surface area (Å²) in [5.41, 5.74) is 3.00. The van der Waals surface area contributed by atoms with Crippen molar-refractivity contribution in [1.29, 1.82) is 0 Å². The van der Waals surface area contributed by atoms with Gasteiger partial charge in [0.25, 0.3) is 0 Å². The van der Waals surface area contributed by atoms with E-state index < -0.39 is 0 Å². The monoisotopic (exact) mass is 241 g/mol. The number of rotatable bonds is 2. The molecule has 0 bridgehead atoms. The minimum atomic E-state index is 0.892. The molecule has 0 aliphatic carbocycles. The molecule has 2 heterocycles. The third-order valence-corrected chi connectivity index (χ3v) is 3.46. The number of benzene rings is 1. The number of nitrogens with zero attached hydrogens (tertiary/aromatic N) is 2. The highest BCUT2D eigenvalue weighted by Gasteiger charge is 2.11. The summed E-state index contributed by atoms with van der Waals surface area (Å²) in [4.78, 5) is 13.0. The second-order valence-corrected chi connectivity index (χ2v) is 4.52. The molecule has 3 aromatic rings. The number of fused-ring (bicyclic) bond motifs is 1. The summed E-state index contributed by atoms with van der Waals surface area (Å²) >= 11 is 1.70. The fourth-order valence-electron chi connectivity index (χ4n) is 1.91. The van der Waals surface area contributed by atoms with Crippen molar-refractivity contribution in [3.63, 3.8) is 0 Å². The second kappa shape index (κ2) is 4.22. The number of nitrogens with one attached hydrogen (secondary N) is 1. The van der Waals surface area contributed by atoms with Crippen LogP contribution < -0.4 is 0 Å². The number of hydrogen-bond donors (Lipinski definition) is 1. The zero-order valence-electron chi connectivity index (χ0n) is 9.34. The third kappa shape index (κ3) is 1.70. The molecule has 0 fully saturated rings. The molecule has 0 aliphatic rings. The largest absolute Gasteiger partial charge is 0.345 e. The van der Waals surface area contributed by atoms with Crippen LogP contribution >= 0.6 is 11.8 Å². The van der Waals surface area contributed by atoms with Gasteiger partial charge in [0.15, 0.2) is 0 Å². The van der Waals surface area contributed by atoms with Crippen molar-refractivity contribution in [3.8, 4) is 11.3 Å². The lowest BCUT2D eigenvalue weighted by Crippen LogP contribution is -1.87. The molecule has 84 valence electrons. The number of H-pyrrole nitrogens is 1. The molecular weight excluding hydrogens is 230 g/mol. The highest BCUT2D eigenvalue weighted by atomic mass is 32.2. The molecule has 0 spiro atoms. The van der Waals surface area contributed by atoms with E-state index in [1.807, 2.05) is 24.4 Å². The minimum absolute atomic E-state index is 0.892. The molecular formula is C13H11N3S. The lowest BCUT2D eigenvalue weighted by Gasteiger charge is -2.03. The standard InChI is InChI=1S/C13H11N3S/c1-17-10-7-14-13-11(10)12(15-8-16-13)9-5-3-2-4-6-9/h2-8H,1H3,(H,14,15,16). The van der Waals surface area contributed by atoms with E-state index in [1.165, 1.54) is 4.90 Å². The van der Waals surface area contributed by atoms with Crippen LogP contribution in [0.15, 0.2) is 47.8 Å². The number of aromatic amines is 1. The van der Waals surface area contributed by atoms with Gasteiger partial charge in [-0.05, 0) is 6.26 Å². The Balaban J connectivity index is 2.33. The predicted molar refractivity (Wildman–Crippen MR) is 71.1 cm³/mol. The van der Waals surface area contributed by atoms with Crippen LogP contribution in [0.3, 0.4) is 0 Å².